The summed E-state index contributed by atoms with van der Waals surface area (Å²) >= 11 is 0. The van der Waals surface area contributed by atoms with Crippen LogP contribution in [0.2, 0.25) is 0 Å². The molecule has 0 aliphatic heterocycles. The number of benzene rings is 1. The van der Waals surface area contributed by atoms with Gasteiger partial charge in [-0.25, -0.2) is 0 Å². The van der Waals surface area contributed by atoms with Crippen molar-refractivity contribution < 1.29 is 4.79 Å². The van der Waals surface area contributed by atoms with Gasteiger partial charge in [0.15, 0.2) is 5.78 Å². The van der Waals surface area contributed by atoms with Crippen LogP contribution in [-0.4, -0.2) is 10.4 Å². The summed E-state index contributed by atoms with van der Waals surface area (Å²) in [5, 5.41) is 1.25. The second kappa shape index (κ2) is 4.21. The van der Waals surface area contributed by atoms with Crippen LogP contribution in [0.15, 0.2) is 29.8 Å². The first-order valence-corrected chi connectivity index (χ1v) is 5.75. The third-order valence-electron chi connectivity index (χ3n) is 3.32. The number of aryl methyl sites for hydroxylation is 2. The Balaban J connectivity index is 2.71. The number of carbonyl (C=O) groups is 1. The predicted molar refractivity (Wildman–Crippen MR) is 72.0 cm³/mol. The lowest BCUT2D eigenvalue weighted by atomic mass is 10.1. The Hall–Kier alpha value is -1.83. The number of para-hydroxylation sites is 1. The van der Waals surface area contributed by atoms with Gasteiger partial charge in [0.05, 0.1) is 0 Å². The van der Waals surface area contributed by atoms with Gasteiger partial charge in [-0.15, -0.1) is 0 Å². The molecule has 17 heavy (non-hydrogen) atoms. The standard InChI is InChI=1S/C15H17NO/c1-10(12(3)17)9-15-11(2)13-7-5-6-8-14(13)16(15)4/h5-9H,1-4H3/b10-9+. The maximum absolute atomic E-state index is 11.3. The molecule has 0 spiro atoms. The van der Waals surface area contributed by atoms with Gasteiger partial charge < -0.3 is 4.57 Å². The van der Waals surface area contributed by atoms with E-state index in [1.54, 1.807) is 6.92 Å². The second-order valence-electron chi connectivity index (χ2n) is 4.47. The van der Waals surface area contributed by atoms with E-state index >= 15 is 0 Å². The van der Waals surface area contributed by atoms with E-state index in [0.717, 1.165) is 11.3 Å². The molecule has 0 atom stereocenters. The number of Topliss-reactive ketones (excluding diaryl/α,β-unsaturated/α-hetero) is 1. The van der Waals surface area contributed by atoms with Crippen molar-refractivity contribution in [3.8, 4) is 0 Å². The number of nitrogens with zero attached hydrogens (tertiary/aromatic N) is 1. The van der Waals surface area contributed by atoms with Crippen LogP contribution in [0.3, 0.4) is 0 Å². The second-order valence-corrected chi connectivity index (χ2v) is 4.47. The first kappa shape index (κ1) is 11.6. The summed E-state index contributed by atoms with van der Waals surface area (Å²) in [5.74, 6) is 0.120. The summed E-state index contributed by atoms with van der Waals surface area (Å²) in [6.45, 7) is 5.56. The molecule has 2 heteroatoms. The third kappa shape index (κ3) is 1.91. The van der Waals surface area contributed by atoms with Crippen LogP contribution in [0.5, 0.6) is 0 Å². The van der Waals surface area contributed by atoms with Gasteiger partial charge in [-0.05, 0) is 44.1 Å². The number of aromatic nitrogens is 1. The monoisotopic (exact) mass is 227 g/mol. The van der Waals surface area contributed by atoms with Crippen molar-refractivity contribution in [2.75, 3.05) is 0 Å². The van der Waals surface area contributed by atoms with Gasteiger partial charge in [0.1, 0.15) is 0 Å². The number of hydrogen-bond acceptors (Lipinski definition) is 1. The fraction of sp³-hybridized carbons (Fsp3) is 0.267. The molecular weight excluding hydrogens is 210 g/mol. The fourth-order valence-corrected chi connectivity index (χ4v) is 2.11. The Kier molecular flexibility index (Phi) is 2.88. The highest BCUT2D eigenvalue weighted by atomic mass is 16.1. The van der Waals surface area contributed by atoms with E-state index in [-0.39, 0.29) is 5.78 Å². The van der Waals surface area contributed by atoms with Crippen LogP contribution in [-0.2, 0) is 11.8 Å². The van der Waals surface area contributed by atoms with Crippen LogP contribution < -0.4 is 0 Å². The number of carbonyl (C=O) groups excluding carboxylic acids is 1. The lowest BCUT2D eigenvalue weighted by Crippen LogP contribution is -1.96. The molecule has 0 radical (unpaired) electrons. The van der Waals surface area contributed by atoms with E-state index in [4.69, 9.17) is 0 Å². The van der Waals surface area contributed by atoms with Crippen molar-refractivity contribution in [3.05, 3.63) is 41.1 Å². The minimum Gasteiger partial charge on any atom is -0.344 e. The molecule has 0 unspecified atom stereocenters. The van der Waals surface area contributed by atoms with Crippen LogP contribution in [0.1, 0.15) is 25.1 Å². The van der Waals surface area contributed by atoms with E-state index in [9.17, 15) is 4.79 Å². The largest absolute Gasteiger partial charge is 0.344 e. The minimum atomic E-state index is 0.120. The number of rotatable bonds is 2. The molecule has 2 aromatic rings. The first-order chi connectivity index (χ1) is 8.02. The van der Waals surface area contributed by atoms with Gasteiger partial charge in [0.25, 0.3) is 0 Å². The van der Waals surface area contributed by atoms with Crippen LogP contribution in [0.4, 0.5) is 0 Å². The summed E-state index contributed by atoms with van der Waals surface area (Å²) in [6, 6.07) is 8.29. The van der Waals surface area contributed by atoms with Gasteiger partial charge in [-0.2, -0.15) is 0 Å². The van der Waals surface area contributed by atoms with Gasteiger partial charge in [-0.3, -0.25) is 4.79 Å². The molecule has 0 aliphatic rings. The van der Waals surface area contributed by atoms with Gasteiger partial charge >= 0.3 is 0 Å². The van der Waals surface area contributed by atoms with Crippen molar-refractivity contribution in [2.24, 2.45) is 7.05 Å². The lowest BCUT2D eigenvalue weighted by Gasteiger charge is -2.01. The normalized spacial score (nSPS) is 12.1. The van der Waals surface area contributed by atoms with Crippen molar-refractivity contribution in [1.29, 1.82) is 0 Å². The van der Waals surface area contributed by atoms with Crippen LogP contribution >= 0.6 is 0 Å². The fourth-order valence-electron chi connectivity index (χ4n) is 2.11. The summed E-state index contributed by atoms with van der Waals surface area (Å²) in [6.07, 6.45) is 1.97. The molecule has 0 N–H and O–H groups in total. The van der Waals surface area contributed by atoms with Gasteiger partial charge in [0.2, 0.25) is 0 Å². The van der Waals surface area contributed by atoms with Gasteiger partial charge in [-0.1, -0.05) is 18.2 Å². The highest BCUT2D eigenvalue weighted by Gasteiger charge is 2.09. The van der Waals surface area contributed by atoms with E-state index in [1.807, 2.05) is 32.2 Å². The maximum atomic E-state index is 11.3. The minimum absolute atomic E-state index is 0.120. The van der Waals surface area contributed by atoms with Crippen LogP contribution in [0.25, 0.3) is 17.0 Å². The van der Waals surface area contributed by atoms with Crippen LogP contribution in [0, 0.1) is 6.92 Å². The highest BCUT2D eigenvalue weighted by Crippen LogP contribution is 2.26. The molecule has 1 aromatic carbocycles. The smallest absolute Gasteiger partial charge is 0.155 e. The Bertz CT molecular complexity index is 578. The molecule has 88 valence electrons. The number of fused-ring (bicyclic) bond motifs is 1. The summed E-state index contributed by atoms with van der Waals surface area (Å²) in [5.41, 5.74) is 4.33. The molecule has 0 amide bonds. The zero-order valence-electron chi connectivity index (χ0n) is 10.7. The zero-order valence-corrected chi connectivity index (χ0v) is 10.7. The van der Waals surface area contributed by atoms with E-state index in [1.165, 1.54) is 16.5 Å². The SMILES string of the molecule is CC(=O)/C(C)=C/c1c(C)c2ccccc2n1C. The van der Waals surface area contributed by atoms with Gasteiger partial charge in [0, 0.05) is 23.6 Å². The Labute approximate surface area is 102 Å². The summed E-state index contributed by atoms with van der Waals surface area (Å²) in [4.78, 5) is 11.3. The topological polar surface area (TPSA) is 22.0 Å². The Morgan fingerprint density at radius 2 is 1.88 bits per heavy atom. The molecule has 1 aromatic heterocycles. The molecule has 2 rings (SSSR count). The van der Waals surface area contributed by atoms with E-state index in [2.05, 4.69) is 23.6 Å². The lowest BCUT2D eigenvalue weighted by molar-refractivity contribution is -0.113. The maximum Gasteiger partial charge on any atom is 0.155 e. The number of ketones is 1. The van der Waals surface area contributed by atoms with Crippen molar-refractivity contribution >= 4 is 22.8 Å². The summed E-state index contributed by atoms with van der Waals surface area (Å²) < 4.78 is 2.14. The molecule has 1 heterocycles. The third-order valence-corrected chi connectivity index (χ3v) is 3.32. The molecule has 0 saturated carbocycles. The predicted octanol–water partition coefficient (Wildman–Crippen LogP) is 3.48. The molecular formula is C15H17NO. The Morgan fingerprint density at radius 3 is 2.47 bits per heavy atom. The summed E-state index contributed by atoms with van der Waals surface area (Å²) in [7, 11) is 2.04. The van der Waals surface area contributed by atoms with E-state index in [0.29, 0.717) is 0 Å². The first-order valence-electron chi connectivity index (χ1n) is 5.75. The number of allylic oxidation sites excluding steroid dienone is 1. The number of hydrogen-bond donors (Lipinski definition) is 0. The molecule has 2 nitrogen and oxygen atoms in total. The molecule has 0 saturated heterocycles. The molecule has 0 aliphatic carbocycles. The Morgan fingerprint density at radius 1 is 1.24 bits per heavy atom. The van der Waals surface area contributed by atoms with Crippen molar-refractivity contribution in [3.63, 3.8) is 0 Å². The van der Waals surface area contributed by atoms with Crippen molar-refractivity contribution in [1.82, 2.24) is 4.57 Å². The molecule has 0 bridgehead atoms. The quantitative estimate of drug-likeness (QED) is 0.720. The zero-order chi connectivity index (χ0) is 12.6. The average Bonchev–Trinajstić information content (AvgIpc) is 2.55. The highest BCUT2D eigenvalue weighted by molar-refractivity contribution is 5.98. The molecule has 0 fully saturated rings. The average molecular weight is 227 g/mol. The van der Waals surface area contributed by atoms with Crippen molar-refractivity contribution in [2.45, 2.75) is 20.8 Å². The van der Waals surface area contributed by atoms with E-state index < -0.39 is 0 Å².